The maximum absolute atomic E-state index is 13.4. The normalized spacial score (nSPS) is 26.4. The molecule has 4 rings (SSSR count). The van der Waals surface area contributed by atoms with Gasteiger partial charge in [-0.1, -0.05) is 24.3 Å². The molecule has 0 radical (unpaired) electrons. The predicted octanol–water partition coefficient (Wildman–Crippen LogP) is 1.55. The van der Waals surface area contributed by atoms with Gasteiger partial charge in [0.05, 0.1) is 6.04 Å². The van der Waals surface area contributed by atoms with Crippen molar-refractivity contribution in [3.05, 3.63) is 59.4 Å². The third-order valence-electron chi connectivity index (χ3n) is 5.49. The van der Waals surface area contributed by atoms with E-state index < -0.39 is 0 Å². The molecule has 1 heterocycles. The topological polar surface area (TPSA) is 38.5 Å². The van der Waals surface area contributed by atoms with Gasteiger partial charge in [0.15, 0.2) is 0 Å². The first-order valence-electron chi connectivity index (χ1n) is 9.12. The van der Waals surface area contributed by atoms with Crippen molar-refractivity contribution in [2.45, 2.75) is 37.5 Å². The average molecular weight is 338 g/mol. The van der Waals surface area contributed by atoms with Gasteiger partial charge in [0.25, 0.3) is 0 Å². The summed E-state index contributed by atoms with van der Waals surface area (Å²) in [7, 11) is 1.89. The summed E-state index contributed by atoms with van der Waals surface area (Å²) in [6.07, 6.45) is 3.17. The van der Waals surface area contributed by atoms with E-state index in [-0.39, 0.29) is 24.0 Å². The molecular weight excluding hydrogens is 314 g/mol. The monoisotopic (exact) mass is 338 g/mol. The maximum Gasteiger partial charge on any atom is 0.144 e. The molecule has 0 saturated carbocycles. The Kier molecular flexibility index (Phi) is 4.53. The van der Waals surface area contributed by atoms with Crippen LogP contribution in [0.15, 0.2) is 42.5 Å². The van der Waals surface area contributed by atoms with Crippen molar-refractivity contribution in [2.24, 2.45) is 5.73 Å². The molecular formula is C20H24BFN2O. The average Bonchev–Trinajstić information content (AvgIpc) is 2.96. The Morgan fingerprint density at radius 3 is 2.84 bits per heavy atom. The minimum atomic E-state index is -0.227. The minimum absolute atomic E-state index is 0.0364. The number of nitrogens with two attached hydrogens (primary N) is 1. The van der Waals surface area contributed by atoms with Crippen molar-refractivity contribution < 1.29 is 9.13 Å². The lowest BCUT2D eigenvalue weighted by atomic mass is 9.94. The summed E-state index contributed by atoms with van der Waals surface area (Å²) in [5.41, 5.74) is 9.63. The Morgan fingerprint density at radius 1 is 1.20 bits per heavy atom. The third kappa shape index (κ3) is 3.31. The zero-order valence-electron chi connectivity index (χ0n) is 14.6. The first-order chi connectivity index (χ1) is 12.1. The second-order valence-electron chi connectivity index (χ2n) is 7.32. The van der Waals surface area contributed by atoms with Gasteiger partial charge in [-0.15, -0.1) is 0 Å². The minimum Gasteiger partial charge on any atom is -0.485 e. The highest BCUT2D eigenvalue weighted by Crippen LogP contribution is 2.38. The van der Waals surface area contributed by atoms with Gasteiger partial charge < -0.3 is 10.5 Å². The highest BCUT2D eigenvalue weighted by molar-refractivity contribution is 6.34. The van der Waals surface area contributed by atoms with Crippen LogP contribution in [0.25, 0.3) is 0 Å². The molecule has 130 valence electrons. The molecule has 0 unspecified atom stereocenters. The summed E-state index contributed by atoms with van der Waals surface area (Å²) < 4.78 is 19.9. The molecule has 25 heavy (non-hydrogen) atoms. The lowest BCUT2D eigenvalue weighted by Crippen LogP contribution is -2.50. The van der Waals surface area contributed by atoms with E-state index >= 15 is 0 Å². The number of halogens is 1. The van der Waals surface area contributed by atoms with Crippen LogP contribution in [-0.2, 0) is 6.42 Å². The number of rotatable bonds is 3. The Bertz CT molecular complexity index is 769. The Hall–Kier alpha value is -1.85. The quantitative estimate of drug-likeness (QED) is 0.863. The van der Waals surface area contributed by atoms with Crippen LogP contribution in [0.5, 0.6) is 5.75 Å². The fourth-order valence-corrected chi connectivity index (χ4v) is 4.22. The standard InChI is InChI=1S/C20H24BFN2O/c21-17-11-14(22)7-8-19(17)25-20-16-6-2-1-4-13(16)10-18(20)24-9-3-5-15(23)12-24/h1-2,4,6-8,11,15,18,20H,3,5,9-10,12,21,23H2/t15-,18-,20-/m1/s1. The largest absolute Gasteiger partial charge is 0.485 e. The van der Waals surface area contributed by atoms with Gasteiger partial charge in [-0.05, 0) is 60.6 Å². The summed E-state index contributed by atoms with van der Waals surface area (Å²) in [4.78, 5) is 2.48. The van der Waals surface area contributed by atoms with Gasteiger partial charge in [-0.2, -0.15) is 0 Å². The van der Waals surface area contributed by atoms with Crippen LogP contribution < -0.4 is 15.9 Å². The second kappa shape index (κ2) is 6.81. The molecule has 2 aromatic rings. The molecule has 0 bridgehead atoms. The molecule has 1 aliphatic carbocycles. The van der Waals surface area contributed by atoms with Crippen molar-refractivity contribution >= 4 is 13.3 Å². The number of hydrogen-bond acceptors (Lipinski definition) is 3. The summed E-state index contributed by atoms with van der Waals surface area (Å²) in [5, 5.41) is 0. The molecule has 3 atom stereocenters. The van der Waals surface area contributed by atoms with Crippen LogP contribution in [0.1, 0.15) is 30.1 Å². The predicted molar refractivity (Wildman–Crippen MR) is 101 cm³/mol. The number of benzene rings is 2. The zero-order chi connectivity index (χ0) is 17.4. The van der Waals surface area contributed by atoms with Crippen molar-refractivity contribution in [2.75, 3.05) is 13.1 Å². The molecule has 0 amide bonds. The van der Waals surface area contributed by atoms with Crippen molar-refractivity contribution in [3.63, 3.8) is 0 Å². The third-order valence-corrected chi connectivity index (χ3v) is 5.49. The van der Waals surface area contributed by atoms with E-state index in [0.29, 0.717) is 0 Å². The van der Waals surface area contributed by atoms with Crippen LogP contribution in [0.2, 0.25) is 0 Å². The van der Waals surface area contributed by atoms with Crippen molar-refractivity contribution in [3.8, 4) is 5.75 Å². The molecule has 3 nitrogen and oxygen atoms in total. The summed E-state index contributed by atoms with van der Waals surface area (Å²) >= 11 is 0. The smallest absolute Gasteiger partial charge is 0.144 e. The van der Waals surface area contributed by atoms with Gasteiger partial charge in [0, 0.05) is 12.6 Å². The molecule has 1 saturated heterocycles. The van der Waals surface area contributed by atoms with Crippen molar-refractivity contribution in [1.29, 1.82) is 0 Å². The fraction of sp³-hybridized carbons (Fsp3) is 0.400. The molecule has 1 fully saturated rings. The lowest BCUT2D eigenvalue weighted by Gasteiger charge is -2.38. The van der Waals surface area contributed by atoms with E-state index in [2.05, 4.69) is 29.2 Å². The number of hydrogen-bond donors (Lipinski definition) is 1. The van der Waals surface area contributed by atoms with Crippen LogP contribution in [0.3, 0.4) is 0 Å². The van der Waals surface area contributed by atoms with Crippen LogP contribution in [0.4, 0.5) is 4.39 Å². The van der Waals surface area contributed by atoms with E-state index in [4.69, 9.17) is 10.5 Å². The number of piperidine rings is 1. The Labute approximate surface area is 149 Å². The maximum atomic E-state index is 13.4. The summed E-state index contributed by atoms with van der Waals surface area (Å²) in [5.74, 6) is 0.532. The summed E-state index contributed by atoms with van der Waals surface area (Å²) in [6.45, 7) is 1.98. The number of fused-ring (bicyclic) bond motifs is 1. The lowest BCUT2D eigenvalue weighted by molar-refractivity contribution is 0.0598. The first kappa shape index (κ1) is 16.6. The molecule has 2 aromatic carbocycles. The van der Waals surface area contributed by atoms with E-state index in [9.17, 15) is 4.39 Å². The van der Waals surface area contributed by atoms with Crippen molar-refractivity contribution in [1.82, 2.24) is 4.90 Å². The van der Waals surface area contributed by atoms with Gasteiger partial charge in [-0.25, -0.2) is 4.39 Å². The molecule has 2 aliphatic rings. The first-order valence-corrected chi connectivity index (χ1v) is 9.12. The number of likely N-dealkylation sites (tertiary alicyclic amines) is 1. The second-order valence-corrected chi connectivity index (χ2v) is 7.32. The number of nitrogens with zero attached hydrogens (tertiary/aromatic N) is 1. The summed E-state index contributed by atoms with van der Waals surface area (Å²) in [6, 6.07) is 13.8. The fourth-order valence-electron chi connectivity index (χ4n) is 4.22. The zero-order valence-corrected chi connectivity index (χ0v) is 14.6. The highest BCUT2D eigenvalue weighted by Gasteiger charge is 2.39. The SMILES string of the molecule is Bc1cc(F)ccc1O[C@@H]1c2ccccc2C[C@H]1N1CCC[C@@H](N)C1. The highest BCUT2D eigenvalue weighted by atomic mass is 19.1. The Morgan fingerprint density at radius 2 is 2.04 bits per heavy atom. The Balaban J connectivity index is 1.65. The molecule has 0 spiro atoms. The molecule has 5 heteroatoms. The van der Waals surface area contributed by atoms with Gasteiger partial charge in [-0.3, -0.25) is 4.90 Å². The van der Waals surface area contributed by atoms with E-state index in [1.54, 1.807) is 6.07 Å². The van der Waals surface area contributed by atoms with E-state index in [1.807, 2.05) is 7.85 Å². The molecule has 2 N–H and O–H groups in total. The van der Waals surface area contributed by atoms with Crippen LogP contribution >= 0.6 is 0 Å². The van der Waals surface area contributed by atoms with E-state index in [0.717, 1.165) is 43.6 Å². The van der Waals surface area contributed by atoms with Gasteiger partial charge in [0.2, 0.25) is 0 Å². The molecule has 0 aromatic heterocycles. The van der Waals surface area contributed by atoms with Crippen LogP contribution in [0, 0.1) is 5.82 Å². The van der Waals surface area contributed by atoms with Gasteiger partial charge in [0.1, 0.15) is 25.5 Å². The van der Waals surface area contributed by atoms with Gasteiger partial charge >= 0.3 is 0 Å². The van der Waals surface area contributed by atoms with E-state index in [1.165, 1.54) is 23.3 Å². The molecule has 1 aliphatic heterocycles. The number of ether oxygens (including phenoxy) is 1. The van der Waals surface area contributed by atoms with Crippen LogP contribution in [-0.4, -0.2) is 37.9 Å².